The first-order valence-corrected chi connectivity index (χ1v) is 3.91. The van der Waals surface area contributed by atoms with Crippen LogP contribution in [0.2, 0.25) is 0 Å². The van der Waals surface area contributed by atoms with Crippen LogP contribution in [0.1, 0.15) is 12.8 Å². The lowest BCUT2D eigenvalue weighted by Crippen LogP contribution is -2.40. The first kappa shape index (κ1) is 11.5. The van der Waals surface area contributed by atoms with E-state index in [0.717, 1.165) is 12.0 Å². The van der Waals surface area contributed by atoms with Crippen molar-refractivity contribution in [3.05, 3.63) is 0 Å². The maximum Gasteiger partial charge on any atom is 0.0232 e. The van der Waals surface area contributed by atoms with E-state index in [1.54, 1.807) is 0 Å². The van der Waals surface area contributed by atoms with Crippen molar-refractivity contribution in [3.63, 3.8) is 0 Å². The van der Waals surface area contributed by atoms with Crippen LogP contribution < -0.4 is 10.6 Å². The Bertz CT molecular complexity index is 98.6. The van der Waals surface area contributed by atoms with Gasteiger partial charge in [-0.3, -0.25) is 0 Å². The van der Waals surface area contributed by atoms with E-state index >= 15 is 0 Å². The van der Waals surface area contributed by atoms with Gasteiger partial charge in [0.2, 0.25) is 0 Å². The van der Waals surface area contributed by atoms with Gasteiger partial charge in [-0.15, -0.1) is 24.8 Å². The van der Waals surface area contributed by atoms with E-state index in [9.17, 15) is 0 Å². The number of nitrogens with one attached hydrogen (secondary N) is 2. The van der Waals surface area contributed by atoms with Crippen LogP contribution in [0, 0.1) is 5.92 Å². The lowest BCUT2D eigenvalue weighted by Gasteiger charge is -2.24. The zero-order chi connectivity index (χ0) is 6.10. The van der Waals surface area contributed by atoms with Gasteiger partial charge in [0.15, 0.2) is 0 Å². The fraction of sp³-hybridized carbons (Fsp3) is 1.00. The smallest absolute Gasteiger partial charge is 0.0232 e. The molecule has 0 aliphatic carbocycles. The molecular formula is C7H16Cl2N2. The van der Waals surface area contributed by atoms with Crippen molar-refractivity contribution < 1.29 is 0 Å². The van der Waals surface area contributed by atoms with Gasteiger partial charge in [-0.25, -0.2) is 0 Å². The fourth-order valence-corrected chi connectivity index (χ4v) is 1.93. The molecule has 11 heavy (non-hydrogen) atoms. The van der Waals surface area contributed by atoms with Gasteiger partial charge in [0.25, 0.3) is 0 Å². The predicted octanol–water partition coefficient (Wildman–Crippen LogP) is 0.801. The molecule has 0 spiro atoms. The average Bonchev–Trinajstić information content (AvgIpc) is 2.33. The number of halogens is 2. The minimum absolute atomic E-state index is 0. The standard InChI is InChI=1S/C7H14N2.2ClH/c1-2-6-4-8-5-7(6)9-3-1;;/h6-9H,1-5H2;2*1H. The fourth-order valence-electron chi connectivity index (χ4n) is 1.93. The van der Waals surface area contributed by atoms with Crippen molar-refractivity contribution in [2.45, 2.75) is 18.9 Å². The van der Waals surface area contributed by atoms with E-state index < -0.39 is 0 Å². The molecule has 2 N–H and O–H groups in total. The zero-order valence-corrected chi connectivity index (χ0v) is 8.14. The first-order chi connectivity index (χ1) is 4.47. The number of piperidine rings is 1. The average molecular weight is 199 g/mol. The van der Waals surface area contributed by atoms with E-state index in [0.29, 0.717) is 0 Å². The summed E-state index contributed by atoms with van der Waals surface area (Å²) in [4.78, 5) is 0. The molecule has 0 amide bonds. The maximum absolute atomic E-state index is 3.52. The first-order valence-electron chi connectivity index (χ1n) is 3.91. The summed E-state index contributed by atoms with van der Waals surface area (Å²) in [5.74, 6) is 0.943. The maximum atomic E-state index is 3.52. The molecule has 2 aliphatic rings. The van der Waals surface area contributed by atoms with Crippen molar-refractivity contribution in [2.75, 3.05) is 19.6 Å². The van der Waals surface area contributed by atoms with Crippen molar-refractivity contribution in [1.82, 2.24) is 10.6 Å². The number of rotatable bonds is 0. The predicted molar refractivity (Wildman–Crippen MR) is 51.9 cm³/mol. The summed E-state index contributed by atoms with van der Waals surface area (Å²) < 4.78 is 0. The third kappa shape index (κ3) is 2.48. The third-order valence-corrected chi connectivity index (χ3v) is 2.50. The Labute approximate surface area is 80.3 Å². The molecular weight excluding hydrogens is 183 g/mol. The van der Waals surface area contributed by atoms with Crippen LogP contribution >= 0.6 is 24.8 Å². The molecule has 2 aliphatic heterocycles. The van der Waals surface area contributed by atoms with Gasteiger partial charge >= 0.3 is 0 Å². The summed E-state index contributed by atoms with van der Waals surface area (Å²) in [5, 5.41) is 6.92. The van der Waals surface area contributed by atoms with E-state index in [1.165, 1.54) is 32.5 Å². The van der Waals surface area contributed by atoms with Crippen LogP contribution in [0.25, 0.3) is 0 Å². The lowest BCUT2D eigenvalue weighted by molar-refractivity contribution is 0.339. The van der Waals surface area contributed by atoms with Crippen molar-refractivity contribution in [3.8, 4) is 0 Å². The topological polar surface area (TPSA) is 24.1 Å². The highest BCUT2D eigenvalue weighted by atomic mass is 35.5. The summed E-state index contributed by atoms with van der Waals surface area (Å²) in [6, 6.07) is 0.804. The Hall–Kier alpha value is 0.500. The summed E-state index contributed by atoms with van der Waals surface area (Å²) in [7, 11) is 0. The molecule has 2 saturated heterocycles. The van der Waals surface area contributed by atoms with Crippen LogP contribution in [-0.4, -0.2) is 25.7 Å². The number of fused-ring (bicyclic) bond motifs is 1. The van der Waals surface area contributed by atoms with Crippen LogP contribution in [0.3, 0.4) is 0 Å². The summed E-state index contributed by atoms with van der Waals surface area (Å²) in [5.41, 5.74) is 0. The molecule has 0 aromatic rings. The van der Waals surface area contributed by atoms with Crippen LogP contribution in [0.15, 0.2) is 0 Å². The Balaban J connectivity index is 0.000000500. The SMILES string of the molecule is C1CNC2CNCC2C1.Cl.Cl. The van der Waals surface area contributed by atoms with Crippen LogP contribution in [0.4, 0.5) is 0 Å². The lowest BCUT2D eigenvalue weighted by atomic mass is 9.94. The highest BCUT2D eigenvalue weighted by Gasteiger charge is 2.28. The number of hydrogen-bond acceptors (Lipinski definition) is 2. The van der Waals surface area contributed by atoms with Crippen molar-refractivity contribution in [1.29, 1.82) is 0 Å². The molecule has 2 atom stereocenters. The van der Waals surface area contributed by atoms with Crippen LogP contribution in [0.5, 0.6) is 0 Å². The molecule has 68 valence electrons. The largest absolute Gasteiger partial charge is 0.315 e. The quantitative estimate of drug-likeness (QED) is 0.603. The molecule has 4 heteroatoms. The van der Waals surface area contributed by atoms with E-state index in [2.05, 4.69) is 10.6 Å². The third-order valence-electron chi connectivity index (χ3n) is 2.50. The zero-order valence-electron chi connectivity index (χ0n) is 6.51. The Morgan fingerprint density at radius 2 is 1.91 bits per heavy atom. The Morgan fingerprint density at radius 1 is 1.09 bits per heavy atom. The van der Waals surface area contributed by atoms with Gasteiger partial charge in [-0.05, 0) is 31.8 Å². The van der Waals surface area contributed by atoms with Gasteiger partial charge < -0.3 is 10.6 Å². The van der Waals surface area contributed by atoms with Crippen LogP contribution in [-0.2, 0) is 0 Å². The van der Waals surface area contributed by atoms with Gasteiger partial charge in [0, 0.05) is 12.6 Å². The van der Waals surface area contributed by atoms with Gasteiger partial charge in [0.05, 0.1) is 0 Å². The van der Waals surface area contributed by atoms with E-state index in [4.69, 9.17) is 0 Å². The van der Waals surface area contributed by atoms with Gasteiger partial charge in [0.1, 0.15) is 0 Å². The molecule has 0 saturated carbocycles. The molecule has 2 fully saturated rings. The molecule has 0 aromatic carbocycles. The molecule has 2 nitrogen and oxygen atoms in total. The molecule has 2 rings (SSSR count). The van der Waals surface area contributed by atoms with E-state index in [1.807, 2.05) is 0 Å². The second-order valence-corrected chi connectivity index (χ2v) is 3.12. The van der Waals surface area contributed by atoms with Crippen molar-refractivity contribution >= 4 is 24.8 Å². The van der Waals surface area contributed by atoms with E-state index in [-0.39, 0.29) is 24.8 Å². The number of hydrogen-bond donors (Lipinski definition) is 2. The summed E-state index contributed by atoms with van der Waals surface area (Å²) in [6.07, 6.45) is 2.81. The Kier molecular flexibility index (Phi) is 5.44. The molecule has 0 aromatic heterocycles. The molecule has 2 unspecified atom stereocenters. The highest BCUT2D eigenvalue weighted by molar-refractivity contribution is 5.85. The minimum Gasteiger partial charge on any atom is -0.315 e. The second kappa shape index (κ2) is 5.20. The summed E-state index contributed by atoms with van der Waals surface area (Å²) in [6.45, 7) is 3.69. The molecule has 2 heterocycles. The van der Waals surface area contributed by atoms with Gasteiger partial charge in [-0.2, -0.15) is 0 Å². The molecule has 0 radical (unpaired) electrons. The monoisotopic (exact) mass is 198 g/mol. The Morgan fingerprint density at radius 3 is 2.64 bits per heavy atom. The molecule has 0 bridgehead atoms. The van der Waals surface area contributed by atoms with Gasteiger partial charge in [-0.1, -0.05) is 0 Å². The van der Waals surface area contributed by atoms with Crippen molar-refractivity contribution in [2.24, 2.45) is 5.92 Å². The minimum atomic E-state index is 0. The normalized spacial score (nSPS) is 34.9. The highest BCUT2D eigenvalue weighted by Crippen LogP contribution is 2.18. The second-order valence-electron chi connectivity index (χ2n) is 3.12. The summed E-state index contributed by atoms with van der Waals surface area (Å²) >= 11 is 0.